The molecule has 0 unspecified atom stereocenters. The third-order valence-electron chi connectivity index (χ3n) is 0. The molecule has 0 heterocycles. The maximum absolute atomic E-state index is 7.00. The second kappa shape index (κ2) is 32600. The molecule has 24 nitrogen and oxygen atoms in total. The van der Waals surface area contributed by atoms with E-state index in [0.29, 0.717) is 0 Å². The van der Waals surface area contributed by atoms with E-state index in [2.05, 4.69) is 0 Å². The Hall–Kier alpha value is 2.04. The first-order valence-corrected chi connectivity index (χ1v) is 10.7. The van der Waals surface area contributed by atoms with E-state index < -0.39 is 0 Å². The first-order chi connectivity index (χ1) is 24.0. The van der Waals surface area contributed by atoms with Crippen molar-refractivity contribution >= 4 is 88.7 Å². The summed E-state index contributed by atoms with van der Waals surface area (Å²) in [6, 6.07) is 0. The number of hydrogen-bond donors (Lipinski definition) is 24. The molecule has 51 heavy (non-hydrogen) atoms. The molecule has 0 bridgehead atoms. The van der Waals surface area contributed by atoms with Crippen molar-refractivity contribution in [3.63, 3.8) is 0 Å². The van der Waals surface area contributed by atoms with Gasteiger partial charge in [-0.3, -0.25) is 0 Å². The minimum atomic E-state index is 0. The van der Waals surface area contributed by atoms with E-state index in [1.54, 1.807) is 0 Å². The predicted molar refractivity (Wildman–Crippen MR) is 217 cm³/mol. The van der Waals surface area contributed by atoms with Crippen LogP contribution in [0.2, 0.25) is 0 Å². The summed E-state index contributed by atoms with van der Waals surface area (Å²) in [6.45, 7) is 0. The third-order valence-corrected chi connectivity index (χ3v) is 0. The average molecular weight is 841 g/mol. The molecular weight excluding hydrogens is 741 g/mol. The Kier molecular flexibility index (Phi) is 135000. The van der Waals surface area contributed by atoms with Gasteiger partial charge in [0.15, 0.2) is 0 Å². The molecule has 0 aliphatic rings. The van der Waals surface area contributed by atoms with Crippen LogP contribution in [0.4, 0.5) is 0 Å². The Morgan fingerprint density at radius 2 is 0.0784 bits per heavy atom. The fourth-order valence-corrected chi connectivity index (χ4v) is 0. The van der Waals surface area contributed by atoms with Crippen molar-refractivity contribution in [3.05, 3.63) is 0 Å². The van der Waals surface area contributed by atoms with Gasteiger partial charge in [0.05, 0.1) is 0 Å². The summed E-state index contributed by atoms with van der Waals surface area (Å²) in [4.78, 5) is 0. The van der Waals surface area contributed by atoms with E-state index >= 15 is 0 Å². The Balaban J connectivity index is -0.00000000470. The molecule has 0 fully saturated rings. The Labute approximate surface area is 379 Å². The van der Waals surface area contributed by atoms with Crippen LogP contribution >= 0.6 is 0 Å². The zero-order valence-corrected chi connectivity index (χ0v) is 34.7. The Morgan fingerprint density at radius 3 is 0.0784 bits per heavy atom. The molecule has 0 spiro atoms. The minimum absolute atomic E-state index is 0. The third kappa shape index (κ3) is 31300. The van der Waals surface area contributed by atoms with Gasteiger partial charge in [-0.1, -0.05) is 0 Å². The van der Waals surface area contributed by atoms with Crippen LogP contribution in [-0.4, -0.2) is 382 Å². The van der Waals surface area contributed by atoms with Crippen molar-refractivity contribution < 1.29 is 123 Å². The molecule has 27 heteroatoms. The van der Waals surface area contributed by atoms with E-state index in [1.165, 1.54) is 0 Å². The van der Waals surface area contributed by atoms with Crippen molar-refractivity contribution in [3.8, 4) is 0 Å². The van der Waals surface area contributed by atoms with Gasteiger partial charge in [0.25, 0.3) is 0 Å². The molecule has 0 aromatic heterocycles. The molecule has 0 radical (unpaired) electrons. The van der Waals surface area contributed by atoms with E-state index in [9.17, 15) is 0 Å². The van der Waals surface area contributed by atoms with Crippen molar-refractivity contribution in [2.75, 3.05) is 171 Å². The average Bonchev–Trinajstić information content (AvgIpc) is 3.34. The quantitative estimate of drug-likeness (QED) is 0.101. The fourth-order valence-electron chi connectivity index (χ4n) is 0. The van der Waals surface area contributed by atoms with Gasteiger partial charge in [-0.25, -0.2) is 0 Å². The molecule has 0 amide bonds. The summed E-state index contributed by atoms with van der Waals surface area (Å²) in [5.74, 6) is 0. The number of hydrogen-bond acceptors (Lipinski definition) is 24. The van der Waals surface area contributed by atoms with Crippen LogP contribution in [0, 0.1) is 0 Å². The second-order valence-corrected chi connectivity index (χ2v) is 0. The zero-order valence-electron chi connectivity index (χ0n) is 34.7. The Bertz CT molecular complexity index is 64.5. The van der Waals surface area contributed by atoms with Gasteiger partial charge in [-0.2, -0.15) is 0 Å². The first kappa shape index (κ1) is 212. The van der Waals surface area contributed by atoms with Crippen LogP contribution in [-0.2, 0) is 0 Å². The van der Waals surface area contributed by atoms with Gasteiger partial charge in [0.2, 0.25) is 0 Å². The van der Waals surface area contributed by atoms with E-state index in [-0.39, 0.29) is 88.7 Å². The van der Waals surface area contributed by atoms with Crippen LogP contribution in [0.5, 0.6) is 0 Å². The van der Waals surface area contributed by atoms with E-state index in [4.69, 9.17) is 123 Å². The second-order valence-electron chi connectivity index (χ2n) is 0. The van der Waals surface area contributed by atoms with Gasteiger partial charge in [-0.15, -0.1) is 0 Å². The molecule has 24 N–H and O–H groups in total. The van der Waals surface area contributed by atoms with Gasteiger partial charge in [0, 0.05) is 171 Å². The van der Waals surface area contributed by atoms with Gasteiger partial charge >= 0.3 is 88.7 Å². The maximum atomic E-state index is 7.00. The van der Waals surface area contributed by atoms with Crippen molar-refractivity contribution in [1.29, 1.82) is 0 Å². The number of aliphatic hydroxyl groups excluding tert-OH is 24. The summed E-state index contributed by atoms with van der Waals surface area (Å²) in [5.41, 5.74) is 0. The molecule has 0 aromatic carbocycles. The monoisotopic (exact) mass is 841 g/mol. The van der Waals surface area contributed by atoms with Gasteiger partial charge in [0.1, 0.15) is 0 Å². The summed E-state index contributed by atoms with van der Waals surface area (Å²) < 4.78 is 0. The fraction of sp³-hybridized carbons (Fsp3) is 1.00. The summed E-state index contributed by atoms with van der Waals surface area (Å²) in [7, 11) is 24.0. The summed E-state index contributed by atoms with van der Waals surface area (Å²) in [5, 5.41) is 168. The van der Waals surface area contributed by atoms with Crippen molar-refractivity contribution in [2.24, 2.45) is 0 Å². The molecule has 0 aliphatic heterocycles. The van der Waals surface area contributed by atoms with Gasteiger partial charge < -0.3 is 123 Å². The first-order valence-electron chi connectivity index (χ1n) is 10.7. The molecule has 0 aliphatic carbocycles. The summed E-state index contributed by atoms with van der Waals surface area (Å²) >= 11 is 0. The standard InChI is InChI=1S/24CH4O.3Na.3H/c24*1-2;;;;;;/h24*2H,1H3;;;;;;. The normalized spacial score (nSPS) is 2.82. The zero-order chi connectivity index (χ0) is 48.0. The molecule has 342 valence electrons. The number of aliphatic hydroxyl groups is 24. The Morgan fingerprint density at radius 1 is 0.0784 bits per heavy atom. The molecule has 0 saturated heterocycles. The van der Waals surface area contributed by atoms with E-state index in [0.717, 1.165) is 171 Å². The molecule has 0 rings (SSSR count). The predicted octanol–water partition coefficient (Wildman–Crippen LogP) is -11.3. The molecule has 0 atom stereocenters. The van der Waals surface area contributed by atoms with Crippen LogP contribution in [0.25, 0.3) is 0 Å². The van der Waals surface area contributed by atoms with Crippen molar-refractivity contribution in [2.45, 2.75) is 0 Å². The molecular formula is C24H99Na3O24. The summed E-state index contributed by atoms with van der Waals surface area (Å²) in [6.07, 6.45) is 0. The van der Waals surface area contributed by atoms with Crippen LogP contribution in [0.3, 0.4) is 0 Å². The topological polar surface area (TPSA) is 486 Å². The van der Waals surface area contributed by atoms with Crippen LogP contribution in [0.1, 0.15) is 0 Å². The van der Waals surface area contributed by atoms with Crippen molar-refractivity contribution in [1.82, 2.24) is 0 Å². The molecule has 0 aromatic rings. The van der Waals surface area contributed by atoms with Gasteiger partial charge in [-0.05, 0) is 0 Å². The SMILES string of the molecule is CO.CO.CO.CO.CO.CO.CO.CO.CO.CO.CO.CO.CO.CO.CO.CO.CO.CO.CO.CO.CO.CO.CO.CO.[NaH].[NaH].[NaH]. The number of rotatable bonds is 0. The van der Waals surface area contributed by atoms with Crippen LogP contribution < -0.4 is 0 Å². The van der Waals surface area contributed by atoms with Crippen LogP contribution in [0.15, 0.2) is 0 Å². The molecule has 0 saturated carbocycles. The van der Waals surface area contributed by atoms with E-state index in [1.807, 2.05) is 0 Å².